The Kier molecular flexibility index (Phi) is 4.31. The number of hydrogen-bond donors (Lipinski definition) is 1. The van der Waals surface area contributed by atoms with Gasteiger partial charge in [0.2, 0.25) is 5.91 Å². The van der Waals surface area contributed by atoms with Crippen LogP contribution in [0.15, 0.2) is 60.8 Å². The second-order valence-electron chi connectivity index (χ2n) is 6.76. The van der Waals surface area contributed by atoms with Crippen LogP contribution in [0.1, 0.15) is 22.6 Å². The first-order chi connectivity index (χ1) is 12.6. The molecule has 1 aromatic heterocycles. The van der Waals surface area contributed by atoms with E-state index in [1.165, 1.54) is 11.1 Å². The Balaban J connectivity index is 1.68. The van der Waals surface area contributed by atoms with Crippen LogP contribution in [-0.2, 0) is 24.3 Å². The molecule has 1 amide bonds. The van der Waals surface area contributed by atoms with Crippen LogP contribution >= 0.6 is 0 Å². The molecule has 0 saturated carbocycles. The molecule has 1 aliphatic rings. The Morgan fingerprint density at radius 1 is 1.12 bits per heavy atom. The summed E-state index contributed by atoms with van der Waals surface area (Å²) in [5.41, 5.74) is 10.3. The third-order valence-electron chi connectivity index (χ3n) is 5.06. The van der Waals surface area contributed by atoms with Crippen LogP contribution < -0.4 is 5.73 Å². The summed E-state index contributed by atoms with van der Waals surface area (Å²) >= 11 is 0. The molecular formula is C21H22N4O. The zero-order chi connectivity index (χ0) is 18.1. The second kappa shape index (κ2) is 6.77. The molecule has 0 saturated heterocycles. The zero-order valence-electron chi connectivity index (χ0n) is 14.8. The predicted molar refractivity (Wildman–Crippen MR) is 101 cm³/mol. The summed E-state index contributed by atoms with van der Waals surface area (Å²) in [7, 11) is 0. The van der Waals surface area contributed by atoms with E-state index in [4.69, 9.17) is 5.73 Å². The molecule has 2 heterocycles. The fourth-order valence-electron chi connectivity index (χ4n) is 3.76. The van der Waals surface area contributed by atoms with Gasteiger partial charge in [0.1, 0.15) is 5.82 Å². The summed E-state index contributed by atoms with van der Waals surface area (Å²) in [6.07, 6.45) is 2.55. The van der Waals surface area contributed by atoms with Gasteiger partial charge in [-0.15, -0.1) is 0 Å². The van der Waals surface area contributed by atoms with Gasteiger partial charge in [-0.2, -0.15) is 0 Å². The van der Waals surface area contributed by atoms with Crippen LogP contribution in [0, 0.1) is 6.92 Å². The van der Waals surface area contributed by atoms with Crippen molar-refractivity contribution < 1.29 is 4.79 Å². The molecule has 132 valence electrons. The van der Waals surface area contributed by atoms with E-state index in [-0.39, 0.29) is 11.9 Å². The summed E-state index contributed by atoms with van der Waals surface area (Å²) < 4.78 is 2.14. The normalized spacial score (nSPS) is 17.0. The largest absolute Gasteiger partial charge is 0.368 e. The third-order valence-corrected chi connectivity index (χ3v) is 5.06. The minimum absolute atomic E-state index is 0.276. The molecular weight excluding hydrogens is 324 g/mol. The number of nitrogens with two attached hydrogens (primary N) is 1. The van der Waals surface area contributed by atoms with Gasteiger partial charge in [-0.1, -0.05) is 42.5 Å². The van der Waals surface area contributed by atoms with E-state index in [9.17, 15) is 4.79 Å². The first-order valence-corrected chi connectivity index (χ1v) is 8.82. The second-order valence-corrected chi connectivity index (χ2v) is 6.76. The van der Waals surface area contributed by atoms with E-state index >= 15 is 0 Å². The summed E-state index contributed by atoms with van der Waals surface area (Å²) in [5.74, 6) is 0.654. The Labute approximate surface area is 153 Å². The number of primary amides is 1. The van der Waals surface area contributed by atoms with Gasteiger partial charge in [0.25, 0.3) is 0 Å². The SMILES string of the molecule is Cc1ncc(CN2Cc3ccccc3C[C@@H]2C(N)=O)n1-c1ccccc1. The molecule has 0 unspecified atom stereocenters. The zero-order valence-corrected chi connectivity index (χ0v) is 14.8. The molecule has 4 rings (SSSR count). The van der Waals surface area contributed by atoms with Crippen LogP contribution in [0.5, 0.6) is 0 Å². The van der Waals surface area contributed by atoms with E-state index in [0.717, 1.165) is 17.2 Å². The number of benzene rings is 2. The standard InChI is InChI=1S/C21H22N4O/c1-15-23-12-19(25(15)18-9-3-2-4-10-18)14-24-13-17-8-6-5-7-16(17)11-20(24)21(22)26/h2-10,12,20H,11,13-14H2,1H3,(H2,22,26)/t20-/m1/s1. The average molecular weight is 346 g/mol. The van der Waals surface area contributed by atoms with Gasteiger partial charge in [0.15, 0.2) is 0 Å². The molecule has 0 radical (unpaired) electrons. The lowest BCUT2D eigenvalue weighted by Gasteiger charge is -2.35. The fraction of sp³-hybridized carbons (Fsp3) is 0.238. The highest BCUT2D eigenvalue weighted by atomic mass is 16.1. The number of imidazole rings is 1. The van der Waals surface area contributed by atoms with E-state index in [1.54, 1.807) is 0 Å². The van der Waals surface area contributed by atoms with Crippen molar-refractivity contribution in [1.29, 1.82) is 0 Å². The van der Waals surface area contributed by atoms with Crippen molar-refractivity contribution in [3.63, 3.8) is 0 Å². The van der Waals surface area contributed by atoms with Crippen LogP contribution in [0.2, 0.25) is 0 Å². The number of nitrogens with zero attached hydrogens (tertiary/aromatic N) is 3. The topological polar surface area (TPSA) is 64.2 Å². The molecule has 0 spiro atoms. The summed E-state index contributed by atoms with van der Waals surface area (Å²) in [6, 6.07) is 18.1. The first-order valence-electron chi connectivity index (χ1n) is 8.82. The van der Waals surface area contributed by atoms with Crippen molar-refractivity contribution in [2.24, 2.45) is 5.73 Å². The lowest BCUT2D eigenvalue weighted by Crippen LogP contribution is -2.48. The smallest absolute Gasteiger partial charge is 0.235 e. The maximum Gasteiger partial charge on any atom is 0.235 e. The maximum atomic E-state index is 12.1. The van der Waals surface area contributed by atoms with Crippen molar-refractivity contribution in [1.82, 2.24) is 14.5 Å². The molecule has 0 fully saturated rings. The van der Waals surface area contributed by atoms with Crippen LogP contribution in [0.25, 0.3) is 5.69 Å². The van der Waals surface area contributed by atoms with Crippen molar-refractivity contribution in [2.75, 3.05) is 0 Å². The van der Waals surface area contributed by atoms with Gasteiger partial charge in [-0.25, -0.2) is 4.98 Å². The Bertz CT molecular complexity index is 932. The van der Waals surface area contributed by atoms with Gasteiger partial charge in [-0.05, 0) is 36.6 Å². The minimum atomic E-state index is -0.302. The lowest BCUT2D eigenvalue weighted by atomic mass is 9.93. The number of carbonyl (C=O) groups excluding carboxylic acids is 1. The number of rotatable bonds is 4. The molecule has 3 aromatic rings. The Morgan fingerprint density at radius 2 is 1.81 bits per heavy atom. The van der Waals surface area contributed by atoms with Crippen LogP contribution in [0.4, 0.5) is 0 Å². The molecule has 2 N–H and O–H groups in total. The summed E-state index contributed by atoms with van der Waals surface area (Å²) in [6.45, 7) is 3.33. The van der Waals surface area contributed by atoms with Crippen LogP contribution in [-0.4, -0.2) is 26.4 Å². The third kappa shape index (κ3) is 3.02. The van der Waals surface area contributed by atoms with Gasteiger partial charge in [-0.3, -0.25) is 14.3 Å². The molecule has 0 bridgehead atoms. The van der Waals surface area contributed by atoms with Gasteiger partial charge < -0.3 is 5.73 Å². The van der Waals surface area contributed by atoms with Crippen molar-refractivity contribution in [3.05, 3.63) is 83.4 Å². The molecule has 26 heavy (non-hydrogen) atoms. The molecule has 5 heteroatoms. The highest BCUT2D eigenvalue weighted by Gasteiger charge is 2.30. The maximum absolute atomic E-state index is 12.1. The molecule has 1 aliphatic heterocycles. The number of hydrogen-bond acceptors (Lipinski definition) is 3. The minimum Gasteiger partial charge on any atom is -0.368 e. The number of aromatic nitrogens is 2. The molecule has 5 nitrogen and oxygen atoms in total. The Hall–Kier alpha value is -2.92. The van der Waals surface area contributed by atoms with E-state index in [1.807, 2.05) is 43.5 Å². The number of amides is 1. The van der Waals surface area contributed by atoms with E-state index in [2.05, 4.69) is 38.7 Å². The monoisotopic (exact) mass is 346 g/mol. The Morgan fingerprint density at radius 3 is 2.54 bits per heavy atom. The predicted octanol–water partition coefficient (Wildman–Crippen LogP) is 2.59. The molecule has 0 aliphatic carbocycles. The van der Waals surface area contributed by atoms with Gasteiger partial charge in [0.05, 0.1) is 17.9 Å². The van der Waals surface area contributed by atoms with Crippen LogP contribution in [0.3, 0.4) is 0 Å². The number of fused-ring (bicyclic) bond motifs is 1. The quantitative estimate of drug-likeness (QED) is 0.790. The summed E-state index contributed by atoms with van der Waals surface area (Å²) in [5, 5.41) is 0. The lowest BCUT2D eigenvalue weighted by molar-refractivity contribution is -0.124. The number of aryl methyl sites for hydroxylation is 1. The average Bonchev–Trinajstić information content (AvgIpc) is 3.02. The van der Waals surface area contributed by atoms with E-state index < -0.39 is 0 Å². The molecule has 2 aromatic carbocycles. The number of carbonyl (C=O) groups is 1. The summed E-state index contributed by atoms with van der Waals surface area (Å²) in [4.78, 5) is 18.7. The highest BCUT2D eigenvalue weighted by Crippen LogP contribution is 2.26. The van der Waals surface area contributed by atoms with Gasteiger partial charge >= 0.3 is 0 Å². The molecule has 1 atom stereocenters. The van der Waals surface area contributed by atoms with Crippen molar-refractivity contribution in [3.8, 4) is 5.69 Å². The first kappa shape index (κ1) is 16.5. The number of para-hydroxylation sites is 1. The van der Waals surface area contributed by atoms with Crippen molar-refractivity contribution in [2.45, 2.75) is 32.5 Å². The van der Waals surface area contributed by atoms with Crippen molar-refractivity contribution >= 4 is 5.91 Å². The fourth-order valence-corrected chi connectivity index (χ4v) is 3.76. The highest BCUT2D eigenvalue weighted by molar-refractivity contribution is 5.80. The van der Waals surface area contributed by atoms with E-state index in [0.29, 0.717) is 19.5 Å². The van der Waals surface area contributed by atoms with Gasteiger partial charge in [0, 0.05) is 18.8 Å².